The Morgan fingerprint density at radius 3 is 2.60 bits per heavy atom. The van der Waals surface area contributed by atoms with Crippen molar-refractivity contribution >= 4 is 11.6 Å². The topological polar surface area (TPSA) is 47.6 Å². The minimum Gasteiger partial charge on any atom is -0.494 e. The molecule has 0 unspecified atom stereocenters. The van der Waals surface area contributed by atoms with Gasteiger partial charge in [0, 0.05) is 23.4 Å². The highest BCUT2D eigenvalue weighted by atomic mass is 16.5. The first-order valence-corrected chi connectivity index (χ1v) is 8.77. The molecule has 0 aromatic heterocycles. The number of amides is 1. The van der Waals surface area contributed by atoms with E-state index in [0.717, 1.165) is 34.5 Å². The van der Waals surface area contributed by atoms with Gasteiger partial charge in [-0.3, -0.25) is 4.79 Å². The number of carbonyl (C=O) groups is 1. The lowest BCUT2D eigenvalue weighted by molar-refractivity contribution is 0.102. The van der Waals surface area contributed by atoms with Gasteiger partial charge in [0.2, 0.25) is 0 Å². The van der Waals surface area contributed by atoms with Gasteiger partial charge in [0.05, 0.1) is 13.2 Å². The Morgan fingerprint density at radius 2 is 1.88 bits per heavy atom. The molecule has 134 valence electrons. The lowest BCUT2D eigenvalue weighted by atomic mass is 10.1. The van der Waals surface area contributed by atoms with Crippen molar-refractivity contribution in [1.29, 1.82) is 0 Å². The predicted molar refractivity (Wildman–Crippen MR) is 101 cm³/mol. The molecule has 0 fully saturated rings. The van der Waals surface area contributed by atoms with Crippen LogP contribution in [-0.2, 0) is 11.3 Å². The first-order chi connectivity index (χ1) is 12.0. The molecule has 1 N–H and O–H groups in total. The first kappa shape index (κ1) is 19.0. The van der Waals surface area contributed by atoms with Gasteiger partial charge in [0.1, 0.15) is 5.75 Å². The van der Waals surface area contributed by atoms with E-state index in [-0.39, 0.29) is 5.91 Å². The highest BCUT2D eigenvalue weighted by Crippen LogP contribution is 2.23. The Labute approximate surface area is 150 Å². The van der Waals surface area contributed by atoms with Crippen molar-refractivity contribution in [2.24, 2.45) is 0 Å². The van der Waals surface area contributed by atoms with Crippen molar-refractivity contribution in [3.05, 3.63) is 58.7 Å². The van der Waals surface area contributed by atoms with Crippen LogP contribution < -0.4 is 10.1 Å². The van der Waals surface area contributed by atoms with Crippen molar-refractivity contribution in [2.45, 2.75) is 40.7 Å². The van der Waals surface area contributed by atoms with Crippen molar-refractivity contribution in [2.75, 3.05) is 18.5 Å². The molecule has 4 nitrogen and oxygen atoms in total. The second-order valence-corrected chi connectivity index (χ2v) is 6.08. The van der Waals surface area contributed by atoms with Gasteiger partial charge >= 0.3 is 0 Å². The van der Waals surface area contributed by atoms with Gasteiger partial charge in [-0.25, -0.2) is 0 Å². The van der Waals surface area contributed by atoms with Gasteiger partial charge in [0.15, 0.2) is 0 Å². The second kappa shape index (κ2) is 9.23. The van der Waals surface area contributed by atoms with Crippen LogP contribution >= 0.6 is 0 Å². The second-order valence-electron chi connectivity index (χ2n) is 6.08. The molecule has 0 aliphatic rings. The Balaban J connectivity index is 2.20. The summed E-state index contributed by atoms with van der Waals surface area (Å²) in [7, 11) is 0. The molecule has 0 saturated carbocycles. The maximum atomic E-state index is 12.6. The van der Waals surface area contributed by atoms with E-state index < -0.39 is 0 Å². The number of carbonyl (C=O) groups excluding carboxylic acids is 1. The van der Waals surface area contributed by atoms with E-state index in [0.29, 0.717) is 25.4 Å². The SMILES string of the molecule is CCCOCc1cc(C(=O)Nc2cc(C)ccc2C)ccc1OCC. The zero-order valence-electron chi connectivity index (χ0n) is 15.5. The third-order valence-corrected chi connectivity index (χ3v) is 3.87. The third kappa shape index (κ3) is 5.33. The molecule has 0 heterocycles. The van der Waals surface area contributed by atoms with Crippen LogP contribution in [0.25, 0.3) is 0 Å². The molecule has 1 amide bonds. The summed E-state index contributed by atoms with van der Waals surface area (Å²) in [6, 6.07) is 11.5. The number of aryl methyl sites for hydroxylation is 2. The number of rotatable bonds is 8. The van der Waals surface area contributed by atoms with E-state index in [2.05, 4.69) is 12.2 Å². The van der Waals surface area contributed by atoms with Crippen molar-refractivity contribution < 1.29 is 14.3 Å². The summed E-state index contributed by atoms with van der Waals surface area (Å²) < 4.78 is 11.3. The summed E-state index contributed by atoms with van der Waals surface area (Å²) in [5, 5.41) is 2.99. The van der Waals surface area contributed by atoms with Gasteiger partial charge in [-0.2, -0.15) is 0 Å². The average molecular weight is 341 g/mol. The molecular weight excluding hydrogens is 314 g/mol. The summed E-state index contributed by atoms with van der Waals surface area (Å²) in [6.07, 6.45) is 0.955. The summed E-state index contributed by atoms with van der Waals surface area (Å²) in [5.74, 6) is 0.635. The van der Waals surface area contributed by atoms with Crippen LogP contribution in [-0.4, -0.2) is 19.1 Å². The number of anilines is 1. The van der Waals surface area contributed by atoms with E-state index >= 15 is 0 Å². The molecule has 0 atom stereocenters. The molecular formula is C21H27NO3. The molecule has 4 heteroatoms. The molecule has 2 aromatic carbocycles. The smallest absolute Gasteiger partial charge is 0.255 e. The van der Waals surface area contributed by atoms with Crippen molar-refractivity contribution in [1.82, 2.24) is 0 Å². The molecule has 0 radical (unpaired) electrons. The Morgan fingerprint density at radius 1 is 1.08 bits per heavy atom. The molecule has 2 rings (SSSR count). The van der Waals surface area contributed by atoms with Gasteiger partial charge < -0.3 is 14.8 Å². The largest absolute Gasteiger partial charge is 0.494 e. The lowest BCUT2D eigenvalue weighted by Gasteiger charge is -2.13. The predicted octanol–water partition coefficient (Wildman–Crippen LogP) is 4.88. The molecule has 2 aromatic rings. The number of hydrogen-bond donors (Lipinski definition) is 1. The zero-order chi connectivity index (χ0) is 18.2. The molecule has 0 aliphatic heterocycles. The fourth-order valence-electron chi connectivity index (χ4n) is 2.52. The van der Waals surface area contributed by atoms with Gasteiger partial charge in [-0.05, 0) is 62.6 Å². The fourth-order valence-corrected chi connectivity index (χ4v) is 2.52. The van der Waals surface area contributed by atoms with E-state index in [1.807, 2.05) is 51.1 Å². The molecule has 0 bridgehead atoms. The fraction of sp³-hybridized carbons (Fsp3) is 0.381. The summed E-state index contributed by atoms with van der Waals surface area (Å²) in [5.41, 5.74) is 4.48. The van der Waals surface area contributed by atoms with Crippen LogP contribution in [0.15, 0.2) is 36.4 Å². The number of nitrogens with one attached hydrogen (secondary N) is 1. The molecule has 0 aliphatic carbocycles. The standard InChI is InChI=1S/C21H27NO3/c1-5-11-24-14-18-13-17(9-10-20(18)25-6-2)21(23)22-19-12-15(3)7-8-16(19)4/h7-10,12-13H,5-6,11,14H2,1-4H3,(H,22,23). The summed E-state index contributed by atoms with van der Waals surface area (Å²) >= 11 is 0. The molecule has 25 heavy (non-hydrogen) atoms. The normalized spacial score (nSPS) is 10.6. The van der Waals surface area contributed by atoms with Crippen LogP contribution in [0.5, 0.6) is 5.75 Å². The van der Waals surface area contributed by atoms with Gasteiger partial charge in [0.25, 0.3) is 5.91 Å². The quantitative estimate of drug-likeness (QED) is 0.696. The van der Waals surface area contributed by atoms with E-state index in [9.17, 15) is 4.79 Å². The number of hydrogen-bond acceptors (Lipinski definition) is 3. The highest BCUT2D eigenvalue weighted by molar-refractivity contribution is 6.04. The zero-order valence-corrected chi connectivity index (χ0v) is 15.5. The van der Waals surface area contributed by atoms with Gasteiger partial charge in [-0.15, -0.1) is 0 Å². The van der Waals surface area contributed by atoms with Crippen LogP contribution in [0.4, 0.5) is 5.69 Å². The third-order valence-electron chi connectivity index (χ3n) is 3.87. The van der Waals surface area contributed by atoms with Crippen LogP contribution in [0.2, 0.25) is 0 Å². The maximum absolute atomic E-state index is 12.6. The summed E-state index contributed by atoms with van der Waals surface area (Å²) in [6.45, 7) is 9.70. The van der Waals surface area contributed by atoms with E-state index in [4.69, 9.17) is 9.47 Å². The van der Waals surface area contributed by atoms with E-state index in [1.54, 1.807) is 6.07 Å². The van der Waals surface area contributed by atoms with Crippen molar-refractivity contribution in [3.8, 4) is 5.75 Å². The number of benzene rings is 2. The number of ether oxygens (including phenoxy) is 2. The minimum absolute atomic E-state index is 0.131. The van der Waals surface area contributed by atoms with E-state index in [1.165, 1.54) is 0 Å². The highest BCUT2D eigenvalue weighted by Gasteiger charge is 2.12. The van der Waals surface area contributed by atoms with Gasteiger partial charge in [-0.1, -0.05) is 19.1 Å². The molecule has 0 saturated heterocycles. The van der Waals surface area contributed by atoms with Crippen LogP contribution in [0.3, 0.4) is 0 Å². The monoisotopic (exact) mass is 341 g/mol. The molecule has 0 spiro atoms. The minimum atomic E-state index is -0.131. The lowest BCUT2D eigenvalue weighted by Crippen LogP contribution is -2.14. The first-order valence-electron chi connectivity index (χ1n) is 8.77. The Bertz CT molecular complexity index is 725. The van der Waals surface area contributed by atoms with Crippen LogP contribution in [0, 0.1) is 13.8 Å². The van der Waals surface area contributed by atoms with Crippen LogP contribution in [0.1, 0.15) is 47.3 Å². The maximum Gasteiger partial charge on any atom is 0.255 e. The Hall–Kier alpha value is -2.33. The Kier molecular flexibility index (Phi) is 7.02. The average Bonchev–Trinajstić information content (AvgIpc) is 2.60. The van der Waals surface area contributed by atoms with Crippen molar-refractivity contribution in [3.63, 3.8) is 0 Å². The summed E-state index contributed by atoms with van der Waals surface area (Å²) in [4.78, 5) is 12.6.